The fraction of sp³-hybridized carbons (Fsp3) is 0.241. The number of anilines is 1. The predicted molar refractivity (Wildman–Crippen MR) is 157 cm³/mol. The van der Waals surface area contributed by atoms with Gasteiger partial charge in [0.1, 0.15) is 4.90 Å². The molecule has 3 unspecified atom stereocenters. The Bertz CT molecular complexity index is 1790. The van der Waals surface area contributed by atoms with E-state index in [1.807, 2.05) is 42.5 Å². The molecule has 1 fully saturated rings. The smallest absolute Gasteiger partial charge is 0.264 e. The molecule has 1 aliphatic heterocycles. The zero-order chi connectivity index (χ0) is 29.1. The number of aryl methyl sites for hydroxylation is 1. The standard InChI is InChI=1S/C29H28N6O5S2/c1-35-29(31-33-34-35)41-18-24-16-25(20-12-10-19(17-36)11-13-20)40-28(39-24)22-6-2-8-23(15-22)32-42(37,38)26-9-3-5-21-7-4-14-30-27(21)26/h2-15,24-25,28,32,36H,16-18H2,1H3. The van der Waals surface area contributed by atoms with E-state index in [4.69, 9.17) is 9.47 Å². The number of nitrogens with one attached hydrogen (secondary N) is 1. The van der Waals surface area contributed by atoms with Crippen molar-refractivity contribution in [2.24, 2.45) is 7.05 Å². The second-order valence-corrected chi connectivity index (χ2v) is 12.4. The van der Waals surface area contributed by atoms with Crippen LogP contribution in [0.1, 0.15) is 35.5 Å². The van der Waals surface area contributed by atoms with Crippen molar-refractivity contribution >= 4 is 38.4 Å². The van der Waals surface area contributed by atoms with Crippen molar-refractivity contribution in [3.63, 3.8) is 0 Å². The van der Waals surface area contributed by atoms with Crippen molar-refractivity contribution in [1.82, 2.24) is 25.2 Å². The van der Waals surface area contributed by atoms with E-state index in [9.17, 15) is 13.5 Å². The van der Waals surface area contributed by atoms with Gasteiger partial charge in [-0.1, -0.05) is 66.4 Å². The zero-order valence-corrected chi connectivity index (χ0v) is 24.2. The number of nitrogens with zero attached hydrogens (tertiary/aromatic N) is 5. The third-order valence-electron chi connectivity index (χ3n) is 6.89. The molecule has 1 saturated heterocycles. The van der Waals surface area contributed by atoms with Crippen LogP contribution in [0.4, 0.5) is 5.69 Å². The Labute approximate surface area is 246 Å². The summed E-state index contributed by atoms with van der Waals surface area (Å²) in [5.74, 6) is 0.583. The number of aliphatic hydroxyl groups is 1. The summed E-state index contributed by atoms with van der Waals surface area (Å²) >= 11 is 1.49. The van der Waals surface area contributed by atoms with E-state index < -0.39 is 16.3 Å². The average Bonchev–Trinajstić information content (AvgIpc) is 3.44. The van der Waals surface area contributed by atoms with E-state index in [2.05, 4.69) is 25.2 Å². The van der Waals surface area contributed by atoms with E-state index in [-0.39, 0.29) is 23.7 Å². The molecule has 1 aliphatic rings. The number of rotatable bonds is 9. The zero-order valence-electron chi connectivity index (χ0n) is 22.6. The summed E-state index contributed by atoms with van der Waals surface area (Å²) in [5, 5.41) is 22.5. The number of para-hydroxylation sites is 1. The number of aliphatic hydroxyl groups excluding tert-OH is 1. The minimum Gasteiger partial charge on any atom is -0.392 e. The lowest BCUT2D eigenvalue weighted by Crippen LogP contribution is -2.31. The highest BCUT2D eigenvalue weighted by molar-refractivity contribution is 7.99. The minimum atomic E-state index is -3.94. The molecule has 3 atom stereocenters. The first-order chi connectivity index (χ1) is 20.4. The highest BCUT2D eigenvalue weighted by Gasteiger charge is 2.33. The molecule has 0 saturated carbocycles. The van der Waals surface area contributed by atoms with Crippen molar-refractivity contribution in [2.45, 2.75) is 41.6 Å². The highest BCUT2D eigenvalue weighted by atomic mass is 32.2. The van der Waals surface area contributed by atoms with Crippen LogP contribution in [0.5, 0.6) is 0 Å². The molecule has 0 radical (unpaired) electrons. The van der Waals surface area contributed by atoms with Crippen LogP contribution in [0.25, 0.3) is 10.9 Å². The van der Waals surface area contributed by atoms with Crippen molar-refractivity contribution < 1.29 is 23.0 Å². The van der Waals surface area contributed by atoms with Gasteiger partial charge in [0.15, 0.2) is 6.29 Å². The number of fused-ring (bicyclic) bond motifs is 1. The molecular weight excluding hydrogens is 576 g/mol. The van der Waals surface area contributed by atoms with Crippen LogP contribution >= 0.6 is 11.8 Å². The first-order valence-electron chi connectivity index (χ1n) is 13.2. The summed E-state index contributed by atoms with van der Waals surface area (Å²) in [5.41, 5.74) is 3.20. The topological polar surface area (TPSA) is 141 Å². The maximum absolute atomic E-state index is 13.4. The molecule has 11 nitrogen and oxygen atoms in total. The maximum atomic E-state index is 13.4. The van der Waals surface area contributed by atoms with Crippen molar-refractivity contribution in [1.29, 1.82) is 0 Å². The molecule has 3 aromatic carbocycles. The van der Waals surface area contributed by atoms with Gasteiger partial charge in [-0.2, -0.15) is 0 Å². The van der Waals surface area contributed by atoms with Gasteiger partial charge < -0.3 is 14.6 Å². The van der Waals surface area contributed by atoms with E-state index in [1.54, 1.807) is 48.3 Å². The number of hydrogen-bond donors (Lipinski definition) is 2. The molecule has 0 aliphatic carbocycles. The van der Waals surface area contributed by atoms with E-state index in [0.717, 1.165) is 16.5 Å². The SMILES string of the molecule is Cn1nnnc1SCC1CC(c2ccc(CO)cc2)OC(c2cccc(NS(=O)(=O)c3cccc4cccnc34)c2)O1. The van der Waals surface area contributed by atoms with Gasteiger partial charge >= 0.3 is 0 Å². The molecule has 42 heavy (non-hydrogen) atoms. The normalized spacial score (nSPS) is 19.1. The molecular formula is C29H28N6O5S2. The molecule has 0 spiro atoms. The number of pyridine rings is 1. The van der Waals surface area contributed by atoms with Crippen LogP contribution < -0.4 is 4.72 Å². The lowest BCUT2D eigenvalue weighted by Gasteiger charge is -2.36. The van der Waals surface area contributed by atoms with Crippen LogP contribution in [0.3, 0.4) is 0 Å². The summed E-state index contributed by atoms with van der Waals surface area (Å²) in [6.07, 6.45) is 0.904. The summed E-state index contributed by atoms with van der Waals surface area (Å²) < 4.78 is 43.9. The summed E-state index contributed by atoms with van der Waals surface area (Å²) in [4.78, 5) is 4.38. The maximum Gasteiger partial charge on any atom is 0.264 e. The number of tetrazole rings is 1. The van der Waals surface area contributed by atoms with Gasteiger partial charge in [-0.05, 0) is 45.8 Å². The van der Waals surface area contributed by atoms with Gasteiger partial charge in [0.2, 0.25) is 5.16 Å². The highest BCUT2D eigenvalue weighted by Crippen LogP contribution is 2.40. The Morgan fingerprint density at radius 2 is 1.83 bits per heavy atom. The van der Waals surface area contributed by atoms with Crippen LogP contribution in [0, 0.1) is 0 Å². The van der Waals surface area contributed by atoms with Gasteiger partial charge in [-0.3, -0.25) is 9.71 Å². The molecule has 2 N–H and O–H groups in total. The monoisotopic (exact) mass is 604 g/mol. The fourth-order valence-corrected chi connectivity index (χ4v) is 6.88. The molecule has 216 valence electrons. The first kappa shape index (κ1) is 28.2. The van der Waals surface area contributed by atoms with Crippen LogP contribution in [0.15, 0.2) is 95.1 Å². The van der Waals surface area contributed by atoms with Crippen LogP contribution in [-0.2, 0) is 33.2 Å². The first-order valence-corrected chi connectivity index (χ1v) is 15.7. The van der Waals surface area contributed by atoms with Crippen LogP contribution in [-0.4, -0.2) is 50.6 Å². The van der Waals surface area contributed by atoms with E-state index >= 15 is 0 Å². The number of ether oxygens (including phenoxy) is 2. The fourth-order valence-electron chi connectivity index (χ4n) is 4.79. The summed E-state index contributed by atoms with van der Waals surface area (Å²) in [6.45, 7) is -0.0416. The Hall–Kier alpha value is -3.88. The molecule has 0 bridgehead atoms. The number of sulfonamides is 1. The number of benzene rings is 3. The third-order valence-corrected chi connectivity index (χ3v) is 9.45. The molecule has 13 heteroatoms. The van der Waals surface area contributed by atoms with Gasteiger partial charge in [-0.25, -0.2) is 13.1 Å². The molecule has 5 aromatic rings. The van der Waals surface area contributed by atoms with Crippen LogP contribution in [0.2, 0.25) is 0 Å². The quantitative estimate of drug-likeness (QED) is 0.233. The largest absolute Gasteiger partial charge is 0.392 e. The van der Waals surface area contributed by atoms with E-state index in [0.29, 0.717) is 34.1 Å². The second-order valence-electron chi connectivity index (χ2n) is 9.81. The van der Waals surface area contributed by atoms with Crippen molar-refractivity contribution in [2.75, 3.05) is 10.5 Å². The third kappa shape index (κ3) is 6.15. The Morgan fingerprint density at radius 1 is 1.02 bits per heavy atom. The number of aromatic nitrogens is 5. The Kier molecular flexibility index (Phi) is 8.18. The lowest BCUT2D eigenvalue weighted by molar-refractivity contribution is -0.245. The molecule has 3 heterocycles. The Balaban J connectivity index is 1.26. The predicted octanol–water partition coefficient (Wildman–Crippen LogP) is 4.39. The lowest BCUT2D eigenvalue weighted by atomic mass is 10.0. The van der Waals surface area contributed by atoms with Gasteiger partial charge in [-0.15, -0.1) is 5.10 Å². The van der Waals surface area contributed by atoms with Gasteiger partial charge in [0.05, 0.1) is 24.3 Å². The summed E-state index contributed by atoms with van der Waals surface area (Å²) in [7, 11) is -2.16. The molecule has 2 aromatic heterocycles. The minimum absolute atomic E-state index is 0.0416. The van der Waals surface area contributed by atoms with E-state index in [1.165, 1.54) is 17.8 Å². The number of thioether (sulfide) groups is 1. The van der Waals surface area contributed by atoms with Gasteiger partial charge in [0.25, 0.3) is 10.0 Å². The van der Waals surface area contributed by atoms with Crippen molar-refractivity contribution in [3.05, 3.63) is 102 Å². The average molecular weight is 605 g/mol. The summed E-state index contributed by atoms with van der Waals surface area (Å²) in [6, 6.07) is 23.3. The second kappa shape index (κ2) is 12.2. The molecule has 0 amide bonds. The van der Waals surface area contributed by atoms with Crippen molar-refractivity contribution in [3.8, 4) is 0 Å². The Morgan fingerprint density at radius 3 is 2.62 bits per heavy atom. The van der Waals surface area contributed by atoms with Gasteiger partial charge in [0, 0.05) is 42.1 Å². The molecule has 6 rings (SSSR count). The number of hydrogen-bond acceptors (Lipinski definition) is 10.